The Morgan fingerprint density at radius 1 is 1.04 bits per heavy atom. The van der Waals surface area contributed by atoms with Crippen molar-refractivity contribution in [3.05, 3.63) is 88.7 Å². The first-order valence-corrected chi connectivity index (χ1v) is 8.60. The maximum Gasteiger partial charge on any atom is 0.423 e. The first-order valence-electron chi connectivity index (χ1n) is 7.80. The largest absolute Gasteiger partial charge is 0.423 e. The van der Waals surface area contributed by atoms with Crippen molar-refractivity contribution in [1.82, 2.24) is 4.90 Å². The standard InChI is InChI=1S/C20H16BrNO3/c21-19-13-22(20(24)25-17-9-5-2-6-10-17)12-16(14-23)18(19)11-15-7-3-1-4-8-15/h1-10,12-14,18H,11H2. The summed E-state index contributed by atoms with van der Waals surface area (Å²) >= 11 is 3.50. The first kappa shape index (κ1) is 17.2. The number of carbonyl (C=O) groups is 2. The molecule has 0 aromatic heterocycles. The van der Waals surface area contributed by atoms with Crippen molar-refractivity contribution < 1.29 is 14.3 Å². The third-order valence-electron chi connectivity index (χ3n) is 3.86. The van der Waals surface area contributed by atoms with Crippen molar-refractivity contribution in [2.24, 2.45) is 5.92 Å². The van der Waals surface area contributed by atoms with Gasteiger partial charge in [0.2, 0.25) is 0 Å². The fraction of sp³-hybridized carbons (Fsp3) is 0.100. The number of nitrogens with zero attached hydrogens (tertiary/aromatic N) is 1. The Morgan fingerprint density at radius 3 is 2.32 bits per heavy atom. The van der Waals surface area contributed by atoms with E-state index in [4.69, 9.17) is 4.74 Å². The molecule has 5 heteroatoms. The Morgan fingerprint density at radius 2 is 1.68 bits per heavy atom. The molecule has 1 heterocycles. The minimum Gasteiger partial charge on any atom is -0.410 e. The van der Waals surface area contributed by atoms with E-state index in [1.807, 2.05) is 36.4 Å². The minimum atomic E-state index is -0.569. The number of rotatable bonds is 4. The molecule has 0 saturated carbocycles. The van der Waals surface area contributed by atoms with E-state index in [2.05, 4.69) is 15.9 Å². The lowest BCUT2D eigenvalue weighted by molar-refractivity contribution is -0.105. The van der Waals surface area contributed by atoms with Crippen LogP contribution in [-0.2, 0) is 11.2 Å². The summed E-state index contributed by atoms with van der Waals surface area (Å²) in [7, 11) is 0. The Kier molecular flexibility index (Phi) is 5.46. The zero-order valence-electron chi connectivity index (χ0n) is 13.3. The molecule has 1 unspecified atom stereocenters. The van der Waals surface area contributed by atoms with Gasteiger partial charge < -0.3 is 4.74 Å². The summed E-state index contributed by atoms with van der Waals surface area (Å²) in [6, 6.07) is 18.7. The van der Waals surface area contributed by atoms with Gasteiger partial charge in [-0.2, -0.15) is 0 Å². The second kappa shape index (κ2) is 7.94. The molecule has 0 radical (unpaired) electrons. The lowest BCUT2D eigenvalue weighted by Crippen LogP contribution is -2.29. The van der Waals surface area contributed by atoms with Crippen LogP contribution in [0.25, 0.3) is 0 Å². The van der Waals surface area contributed by atoms with Gasteiger partial charge in [-0.3, -0.25) is 9.69 Å². The summed E-state index contributed by atoms with van der Waals surface area (Å²) in [5.74, 6) is 0.324. The normalized spacial score (nSPS) is 16.7. The molecule has 3 rings (SSSR count). The molecule has 25 heavy (non-hydrogen) atoms. The third-order valence-corrected chi connectivity index (χ3v) is 4.62. The van der Waals surface area contributed by atoms with Crippen LogP contribution >= 0.6 is 15.9 Å². The lowest BCUT2D eigenvalue weighted by atomic mass is 9.91. The molecular formula is C20H16BrNO3. The Balaban J connectivity index is 1.77. The molecule has 0 saturated heterocycles. The molecule has 1 atom stereocenters. The van der Waals surface area contributed by atoms with Gasteiger partial charge in [0.15, 0.2) is 0 Å². The van der Waals surface area contributed by atoms with Crippen molar-refractivity contribution in [2.75, 3.05) is 0 Å². The molecule has 1 amide bonds. The van der Waals surface area contributed by atoms with E-state index >= 15 is 0 Å². The van der Waals surface area contributed by atoms with E-state index in [0.717, 1.165) is 16.3 Å². The summed E-state index contributed by atoms with van der Waals surface area (Å²) in [4.78, 5) is 25.1. The van der Waals surface area contributed by atoms with E-state index < -0.39 is 6.09 Å². The molecule has 1 aliphatic rings. The van der Waals surface area contributed by atoms with Gasteiger partial charge in [0, 0.05) is 28.4 Å². The van der Waals surface area contributed by atoms with Crippen LogP contribution in [0.1, 0.15) is 5.56 Å². The highest BCUT2D eigenvalue weighted by molar-refractivity contribution is 9.11. The van der Waals surface area contributed by atoms with Crippen LogP contribution in [0.2, 0.25) is 0 Å². The maximum atomic E-state index is 12.3. The molecule has 0 fully saturated rings. The molecule has 0 aliphatic carbocycles. The summed E-state index contributed by atoms with van der Waals surface area (Å²) in [6.07, 6.45) is 4.05. The van der Waals surface area contributed by atoms with E-state index in [9.17, 15) is 9.59 Å². The number of hydrogen-bond acceptors (Lipinski definition) is 3. The van der Waals surface area contributed by atoms with Gasteiger partial charge in [-0.1, -0.05) is 64.5 Å². The average molecular weight is 398 g/mol. The number of hydrogen-bond donors (Lipinski definition) is 0. The highest BCUT2D eigenvalue weighted by Crippen LogP contribution is 2.32. The van der Waals surface area contributed by atoms with Gasteiger partial charge in [-0.05, 0) is 24.1 Å². The molecule has 0 N–H and O–H groups in total. The molecule has 4 nitrogen and oxygen atoms in total. The lowest BCUT2D eigenvalue weighted by Gasteiger charge is -2.26. The van der Waals surface area contributed by atoms with Crippen molar-refractivity contribution in [1.29, 1.82) is 0 Å². The predicted molar refractivity (Wildman–Crippen MR) is 99.1 cm³/mol. The Labute approximate surface area is 154 Å². The average Bonchev–Trinajstić information content (AvgIpc) is 2.64. The monoisotopic (exact) mass is 397 g/mol. The van der Waals surface area contributed by atoms with Crippen molar-refractivity contribution >= 4 is 28.3 Å². The number of amides is 1. The van der Waals surface area contributed by atoms with Crippen molar-refractivity contribution in [3.8, 4) is 5.75 Å². The van der Waals surface area contributed by atoms with E-state index in [-0.39, 0.29) is 5.92 Å². The zero-order valence-corrected chi connectivity index (χ0v) is 14.9. The van der Waals surface area contributed by atoms with Crippen LogP contribution in [0.3, 0.4) is 0 Å². The number of para-hydroxylation sites is 1. The highest BCUT2D eigenvalue weighted by atomic mass is 79.9. The van der Waals surface area contributed by atoms with Gasteiger partial charge >= 0.3 is 6.09 Å². The van der Waals surface area contributed by atoms with Crippen LogP contribution in [0, 0.1) is 5.92 Å². The number of ether oxygens (including phenoxy) is 1. The second-order valence-electron chi connectivity index (χ2n) is 5.59. The van der Waals surface area contributed by atoms with Crippen LogP contribution in [0.15, 0.2) is 83.1 Å². The fourth-order valence-electron chi connectivity index (χ4n) is 2.60. The second-order valence-corrected chi connectivity index (χ2v) is 6.51. The van der Waals surface area contributed by atoms with E-state index in [1.165, 1.54) is 11.1 Å². The van der Waals surface area contributed by atoms with Gasteiger partial charge in [0.05, 0.1) is 0 Å². The number of benzene rings is 2. The predicted octanol–water partition coefficient (Wildman–Crippen LogP) is 4.68. The number of carbonyl (C=O) groups excluding carboxylic acids is 2. The summed E-state index contributed by atoms with van der Waals surface area (Å²) in [6.45, 7) is 0. The summed E-state index contributed by atoms with van der Waals surface area (Å²) in [5, 5.41) is 0. The number of aldehydes is 1. The smallest absolute Gasteiger partial charge is 0.410 e. The summed E-state index contributed by atoms with van der Waals surface area (Å²) < 4.78 is 6.07. The molecule has 2 aromatic rings. The Hall–Kier alpha value is -2.66. The van der Waals surface area contributed by atoms with Gasteiger partial charge in [-0.15, -0.1) is 0 Å². The molecule has 0 spiro atoms. The van der Waals surface area contributed by atoms with Gasteiger partial charge in [0.1, 0.15) is 12.0 Å². The maximum absolute atomic E-state index is 12.3. The van der Waals surface area contributed by atoms with Crippen LogP contribution < -0.4 is 4.74 Å². The van der Waals surface area contributed by atoms with Crippen LogP contribution in [0.5, 0.6) is 5.75 Å². The minimum absolute atomic E-state index is 0.124. The quantitative estimate of drug-likeness (QED) is 0.703. The van der Waals surface area contributed by atoms with Crippen LogP contribution in [0.4, 0.5) is 4.79 Å². The first-order chi connectivity index (χ1) is 12.2. The number of halogens is 1. The molecule has 2 aromatic carbocycles. The molecule has 0 bridgehead atoms. The topological polar surface area (TPSA) is 46.6 Å². The Bertz CT molecular complexity index is 815. The molecular weight excluding hydrogens is 382 g/mol. The van der Waals surface area contributed by atoms with Gasteiger partial charge in [-0.25, -0.2) is 4.79 Å². The highest BCUT2D eigenvalue weighted by Gasteiger charge is 2.26. The van der Waals surface area contributed by atoms with E-state index in [1.54, 1.807) is 30.5 Å². The number of allylic oxidation sites excluding steroid dienone is 2. The zero-order chi connectivity index (χ0) is 17.6. The van der Waals surface area contributed by atoms with E-state index in [0.29, 0.717) is 17.7 Å². The van der Waals surface area contributed by atoms with Gasteiger partial charge in [0.25, 0.3) is 0 Å². The fourth-order valence-corrected chi connectivity index (χ4v) is 3.24. The van der Waals surface area contributed by atoms with Crippen molar-refractivity contribution in [2.45, 2.75) is 6.42 Å². The SMILES string of the molecule is O=CC1=CN(C(=O)Oc2ccccc2)C=C(Br)C1Cc1ccccc1. The van der Waals surface area contributed by atoms with Crippen LogP contribution in [-0.4, -0.2) is 17.3 Å². The molecule has 1 aliphatic heterocycles. The molecule has 126 valence electrons. The third kappa shape index (κ3) is 4.25. The summed E-state index contributed by atoms with van der Waals surface area (Å²) in [5.41, 5.74) is 1.63. The van der Waals surface area contributed by atoms with Crippen molar-refractivity contribution in [3.63, 3.8) is 0 Å².